The molecule has 1 heterocycles. The summed E-state index contributed by atoms with van der Waals surface area (Å²) in [6.45, 7) is 12.0. The van der Waals surface area contributed by atoms with Gasteiger partial charge in [0, 0.05) is 58.2 Å². The SMILES string of the molecule is COCCCOc1cc(C[C@@H](C[C@H](N)[C@@H](O)C[C@H](C(=O)NCCC(=O)N2CCOCC2)C(C)C)C(C)C)ccc1OC.Cl. The first-order valence-electron chi connectivity index (χ1n) is 15.4. The van der Waals surface area contributed by atoms with Gasteiger partial charge >= 0.3 is 0 Å². The molecule has 2 rings (SSSR count). The van der Waals surface area contributed by atoms with Gasteiger partial charge in [-0.25, -0.2) is 0 Å². The van der Waals surface area contributed by atoms with Gasteiger partial charge in [0.25, 0.3) is 0 Å². The number of morpholine rings is 1. The van der Waals surface area contributed by atoms with Crippen LogP contribution in [0.1, 0.15) is 58.9 Å². The predicted octanol–water partition coefficient (Wildman–Crippen LogP) is 3.45. The fourth-order valence-corrected chi connectivity index (χ4v) is 5.26. The summed E-state index contributed by atoms with van der Waals surface area (Å²) in [6.07, 6.45) is 1.88. The lowest BCUT2D eigenvalue weighted by atomic mass is 9.81. The molecule has 1 fully saturated rings. The van der Waals surface area contributed by atoms with Crippen molar-refractivity contribution in [3.05, 3.63) is 23.8 Å². The van der Waals surface area contributed by atoms with Crippen LogP contribution in [0, 0.1) is 23.7 Å². The van der Waals surface area contributed by atoms with Crippen LogP contribution in [0.3, 0.4) is 0 Å². The van der Waals surface area contributed by atoms with Crippen molar-refractivity contribution in [2.24, 2.45) is 29.4 Å². The molecular formula is C32H56ClN3O7. The molecule has 1 aliphatic rings. The van der Waals surface area contributed by atoms with E-state index in [0.29, 0.717) is 63.4 Å². The number of nitrogens with zero attached hydrogens (tertiary/aromatic N) is 1. The van der Waals surface area contributed by atoms with Gasteiger partial charge in [0.2, 0.25) is 11.8 Å². The van der Waals surface area contributed by atoms with Gasteiger partial charge in [0.15, 0.2) is 11.5 Å². The van der Waals surface area contributed by atoms with Gasteiger partial charge in [-0.2, -0.15) is 0 Å². The molecule has 1 saturated heterocycles. The number of benzene rings is 1. The zero-order valence-electron chi connectivity index (χ0n) is 27.0. The summed E-state index contributed by atoms with van der Waals surface area (Å²) >= 11 is 0. The quantitative estimate of drug-likeness (QED) is 0.198. The van der Waals surface area contributed by atoms with Crippen LogP contribution in [-0.2, 0) is 25.5 Å². The number of nitrogens with two attached hydrogens (primary N) is 1. The van der Waals surface area contributed by atoms with Crippen molar-refractivity contribution in [3.8, 4) is 11.5 Å². The maximum atomic E-state index is 13.0. The molecule has 1 aliphatic heterocycles. The monoisotopic (exact) mass is 629 g/mol. The van der Waals surface area contributed by atoms with E-state index in [0.717, 1.165) is 18.4 Å². The molecule has 0 bridgehead atoms. The van der Waals surface area contributed by atoms with E-state index in [9.17, 15) is 14.7 Å². The number of methoxy groups -OCH3 is 2. The van der Waals surface area contributed by atoms with Crippen LogP contribution in [0.4, 0.5) is 0 Å². The van der Waals surface area contributed by atoms with Crippen molar-refractivity contribution in [1.29, 1.82) is 0 Å². The fourth-order valence-electron chi connectivity index (χ4n) is 5.26. The number of hydrogen-bond donors (Lipinski definition) is 3. The average Bonchev–Trinajstić information content (AvgIpc) is 2.97. The number of hydrogen-bond acceptors (Lipinski definition) is 8. The van der Waals surface area contributed by atoms with Gasteiger partial charge < -0.3 is 40.0 Å². The Morgan fingerprint density at radius 1 is 1.05 bits per heavy atom. The van der Waals surface area contributed by atoms with Gasteiger partial charge in [-0.3, -0.25) is 9.59 Å². The first kappa shape index (κ1) is 38.9. The molecule has 43 heavy (non-hydrogen) atoms. The Bertz CT molecular complexity index is 944. The summed E-state index contributed by atoms with van der Waals surface area (Å²) in [7, 11) is 3.30. The molecule has 0 aliphatic carbocycles. The maximum Gasteiger partial charge on any atom is 0.224 e. The molecule has 0 saturated carbocycles. The molecule has 0 unspecified atom stereocenters. The fraction of sp³-hybridized carbons (Fsp3) is 0.750. The highest BCUT2D eigenvalue weighted by atomic mass is 35.5. The third-order valence-electron chi connectivity index (χ3n) is 8.13. The third-order valence-corrected chi connectivity index (χ3v) is 8.13. The number of aliphatic hydroxyl groups excluding tert-OH is 1. The number of carbonyl (C=O) groups excluding carboxylic acids is 2. The Morgan fingerprint density at radius 2 is 1.74 bits per heavy atom. The summed E-state index contributed by atoms with van der Waals surface area (Å²) in [5.74, 6) is 1.44. The average molecular weight is 630 g/mol. The molecule has 0 aromatic heterocycles. The van der Waals surface area contributed by atoms with E-state index in [1.54, 1.807) is 19.1 Å². The van der Waals surface area contributed by atoms with Gasteiger partial charge in [-0.05, 0) is 54.7 Å². The summed E-state index contributed by atoms with van der Waals surface area (Å²) in [4.78, 5) is 27.2. The van der Waals surface area contributed by atoms with Crippen LogP contribution in [-0.4, -0.2) is 94.2 Å². The van der Waals surface area contributed by atoms with Gasteiger partial charge in [0.05, 0.1) is 33.0 Å². The van der Waals surface area contributed by atoms with E-state index in [1.807, 2.05) is 32.0 Å². The zero-order chi connectivity index (χ0) is 31.1. The molecule has 4 atom stereocenters. The molecule has 1 aromatic rings. The molecule has 1 aromatic carbocycles. The van der Waals surface area contributed by atoms with E-state index in [2.05, 4.69) is 19.2 Å². The second-order valence-electron chi connectivity index (χ2n) is 12.0. The van der Waals surface area contributed by atoms with E-state index in [4.69, 9.17) is 24.7 Å². The maximum absolute atomic E-state index is 13.0. The largest absolute Gasteiger partial charge is 0.493 e. The number of nitrogens with one attached hydrogen (secondary N) is 1. The van der Waals surface area contributed by atoms with Crippen molar-refractivity contribution in [2.75, 3.05) is 60.3 Å². The summed E-state index contributed by atoms with van der Waals surface area (Å²) in [5, 5.41) is 14.0. The van der Waals surface area contributed by atoms with Crippen LogP contribution < -0.4 is 20.5 Å². The van der Waals surface area contributed by atoms with Gasteiger partial charge in [-0.1, -0.05) is 33.8 Å². The van der Waals surface area contributed by atoms with Crippen LogP contribution in [0.25, 0.3) is 0 Å². The number of halogens is 1. The van der Waals surface area contributed by atoms with Crippen LogP contribution in [0.2, 0.25) is 0 Å². The Morgan fingerprint density at radius 3 is 2.35 bits per heavy atom. The summed E-state index contributed by atoms with van der Waals surface area (Å²) in [6, 6.07) is 5.51. The second-order valence-corrected chi connectivity index (χ2v) is 12.0. The zero-order valence-corrected chi connectivity index (χ0v) is 27.8. The predicted molar refractivity (Wildman–Crippen MR) is 171 cm³/mol. The number of rotatable bonds is 19. The lowest BCUT2D eigenvalue weighted by Crippen LogP contribution is -2.44. The van der Waals surface area contributed by atoms with Crippen LogP contribution >= 0.6 is 12.4 Å². The minimum absolute atomic E-state index is 0. The number of amides is 2. The minimum atomic E-state index is -0.824. The number of carbonyl (C=O) groups is 2. The highest BCUT2D eigenvalue weighted by molar-refractivity contribution is 5.85. The van der Waals surface area contributed by atoms with E-state index in [-0.39, 0.29) is 55.4 Å². The highest BCUT2D eigenvalue weighted by Crippen LogP contribution is 2.31. The molecule has 2 amide bonds. The Labute approximate surface area is 264 Å². The van der Waals surface area contributed by atoms with E-state index >= 15 is 0 Å². The van der Waals surface area contributed by atoms with E-state index < -0.39 is 18.1 Å². The first-order valence-corrected chi connectivity index (χ1v) is 15.4. The van der Waals surface area contributed by atoms with Crippen molar-refractivity contribution in [3.63, 3.8) is 0 Å². The lowest BCUT2D eigenvalue weighted by Gasteiger charge is -2.30. The molecule has 0 radical (unpaired) electrons. The van der Waals surface area contributed by atoms with Gasteiger partial charge in [0.1, 0.15) is 0 Å². The first-order chi connectivity index (χ1) is 20.1. The molecule has 0 spiro atoms. The molecular weight excluding hydrogens is 574 g/mol. The smallest absolute Gasteiger partial charge is 0.224 e. The molecule has 10 nitrogen and oxygen atoms in total. The standard InChI is InChI=1S/C32H55N3O7.ClH/c1-22(2)25(18-24-8-9-29(40-6)30(19-24)42-15-7-14-39-5)20-27(33)28(36)21-26(23(3)4)32(38)34-11-10-31(37)35-12-16-41-17-13-35;/h8-9,19,22-23,25-28,36H,7,10-18,20-21,33H2,1-6H3,(H,34,38);1H/t25-,26-,27-,28-;/m0./s1. The molecule has 11 heteroatoms. The molecule has 4 N–H and O–H groups in total. The normalized spacial score (nSPS) is 16.3. The molecule has 248 valence electrons. The number of ether oxygens (including phenoxy) is 4. The van der Waals surface area contributed by atoms with Crippen molar-refractivity contribution < 1.29 is 33.6 Å². The summed E-state index contributed by atoms with van der Waals surface area (Å²) in [5.41, 5.74) is 7.67. The van der Waals surface area contributed by atoms with Gasteiger partial charge in [-0.15, -0.1) is 12.4 Å². The Kier molecular flexibility index (Phi) is 18.8. The van der Waals surface area contributed by atoms with Crippen molar-refractivity contribution >= 4 is 24.2 Å². The second kappa shape index (κ2) is 20.8. The lowest BCUT2D eigenvalue weighted by molar-refractivity contribution is -0.135. The van der Waals surface area contributed by atoms with Crippen LogP contribution in [0.5, 0.6) is 11.5 Å². The Hall–Kier alpha value is -2.11. The third kappa shape index (κ3) is 13.6. The minimum Gasteiger partial charge on any atom is -0.493 e. The number of aliphatic hydroxyl groups is 1. The Balaban J connectivity index is 0.00000924. The van der Waals surface area contributed by atoms with Crippen molar-refractivity contribution in [1.82, 2.24) is 10.2 Å². The summed E-state index contributed by atoms with van der Waals surface area (Å²) < 4.78 is 21.8. The topological polar surface area (TPSA) is 133 Å². The highest BCUT2D eigenvalue weighted by Gasteiger charge is 2.30. The van der Waals surface area contributed by atoms with E-state index in [1.165, 1.54) is 0 Å². The van der Waals surface area contributed by atoms with Crippen molar-refractivity contribution in [2.45, 2.75) is 71.9 Å². The van der Waals surface area contributed by atoms with Crippen LogP contribution in [0.15, 0.2) is 18.2 Å².